The Hall–Kier alpha value is -2.50. The minimum atomic E-state index is -0.514. The highest BCUT2D eigenvalue weighted by Crippen LogP contribution is 2.29. The van der Waals surface area contributed by atoms with Crippen LogP contribution in [0.15, 0.2) is 24.3 Å². The number of hydrogen-bond donors (Lipinski definition) is 0. The number of esters is 1. The van der Waals surface area contributed by atoms with Crippen molar-refractivity contribution in [2.45, 2.75) is 59.2 Å². The standard InChI is InChI=1S/C22H32N2O4/c1-8-9-17-12-18(20(25)27-7)10-11-19(17)23-13-16(3)24(14-15(23)2)21(26)28-22(4,5)6/h8-12,15-16H,13-14H2,1-7H3/b9-8-/t15-,16+/m0/s1. The van der Waals surface area contributed by atoms with E-state index in [4.69, 9.17) is 9.47 Å². The van der Waals surface area contributed by atoms with Crippen molar-refractivity contribution < 1.29 is 19.1 Å². The number of hydrogen-bond acceptors (Lipinski definition) is 5. The Kier molecular flexibility index (Phi) is 6.75. The molecule has 1 aromatic rings. The van der Waals surface area contributed by atoms with Crippen molar-refractivity contribution in [1.82, 2.24) is 4.90 Å². The molecule has 1 heterocycles. The van der Waals surface area contributed by atoms with E-state index in [-0.39, 0.29) is 24.1 Å². The third-order valence-corrected chi connectivity index (χ3v) is 4.72. The van der Waals surface area contributed by atoms with Gasteiger partial charge in [-0.15, -0.1) is 0 Å². The normalized spacial score (nSPS) is 20.4. The zero-order valence-corrected chi connectivity index (χ0v) is 18.0. The van der Waals surface area contributed by atoms with Crippen LogP contribution in [0.25, 0.3) is 6.08 Å². The quantitative estimate of drug-likeness (QED) is 0.721. The molecule has 6 nitrogen and oxygen atoms in total. The number of anilines is 1. The molecule has 1 saturated heterocycles. The molecule has 0 N–H and O–H groups in total. The van der Waals surface area contributed by atoms with Gasteiger partial charge in [0.05, 0.1) is 12.7 Å². The molecule has 0 saturated carbocycles. The van der Waals surface area contributed by atoms with Crippen molar-refractivity contribution >= 4 is 23.8 Å². The smallest absolute Gasteiger partial charge is 0.410 e. The first kappa shape index (κ1) is 21.8. The van der Waals surface area contributed by atoms with Gasteiger partial charge in [-0.1, -0.05) is 12.2 Å². The highest BCUT2D eigenvalue weighted by Gasteiger charge is 2.35. The molecule has 1 aromatic carbocycles. The predicted octanol–water partition coefficient (Wildman–Crippen LogP) is 4.34. The van der Waals surface area contributed by atoms with Crippen LogP contribution in [0.3, 0.4) is 0 Å². The molecule has 0 spiro atoms. The second-order valence-electron chi connectivity index (χ2n) is 8.25. The highest BCUT2D eigenvalue weighted by molar-refractivity contribution is 5.91. The lowest BCUT2D eigenvalue weighted by Gasteiger charge is -2.45. The molecule has 2 atom stereocenters. The van der Waals surface area contributed by atoms with Crippen molar-refractivity contribution in [2.24, 2.45) is 0 Å². The topological polar surface area (TPSA) is 59.1 Å². The van der Waals surface area contributed by atoms with Crippen LogP contribution in [0, 0.1) is 0 Å². The maximum atomic E-state index is 12.6. The Morgan fingerprint density at radius 2 is 1.82 bits per heavy atom. The third kappa shape index (κ3) is 5.06. The second kappa shape index (κ2) is 8.67. The Morgan fingerprint density at radius 1 is 1.14 bits per heavy atom. The van der Waals surface area contributed by atoms with Gasteiger partial charge < -0.3 is 19.3 Å². The molecule has 1 aliphatic heterocycles. The molecule has 0 aromatic heterocycles. The van der Waals surface area contributed by atoms with E-state index in [9.17, 15) is 9.59 Å². The van der Waals surface area contributed by atoms with E-state index in [1.807, 2.05) is 58.9 Å². The van der Waals surface area contributed by atoms with Gasteiger partial charge in [0.25, 0.3) is 0 Å². The van der Waals surface area contributed by atoms with Gasteiger partial charge in [0.15, 0.2) is 0 Å². The van der Waals surface area contributed by atoms with E-state index in [0.717, 1.165) is 11.3 Å². The van der Waals surface area contributed by atoms with Crippen molar-refractivity contribution in [2.75, 3.05) is 25.1 Å². The summed E-state index contributed by atoms with van der Waals surface area (Å²) in [6, 6.07) is 5.69. The number of allylic oxidation sites excluding steroid dienone is 1. The van der Waals surface area contributed by atoms with Gasteiger partial charge in [-0.25, -0.2) is 9.59 Å². The lowest BCUT2D eigenvalue weighted by molar-refractivity contribution is 0.0130. The maximum absolute atomic E-state index is 12.6. The van der Waals surface area contributed by atoms with Crippen molar-refractivity contribution in [3.05, 3.63) is 35.4 Å². The van der Waals surface area contributed by atoms with Gasteiger partial charge >= 0.3 is 12.1 Å². The minimum absolute atomic E-state index is 0.00443. The summed E-state index contributed by atoms with van der Waals surface area (Å²) in [4.78, 5) is 28.5. The molecule has 2 rings (SSSR count). The molecule has 0 bridgehead atoms. The molecule has 1 aliphatic rings. The molecule has 6 heteroatoms. The molecule has 154 valence electrons. The van der Waals surface area contributed by atoms with E-state index < -0.39 is 5.60 Å². The summed E-state index contributed by atoms with van der Waals surface area (Å²) in [7, 11) is 1.38. The zero-order chi connectivity index (χ0) is 21.1. The lowest BCUT2D eigenvalue weighted by Crippen LogP contribution is -2.59. The van der Waals surface area contributed by atoms with Gasteiger partial charge in [-0.2, -0.15) is 0 Å². The van der Waals surface area contributed by atoms with Crippen LogP contribution in [0.1, 0.15) is 57.5 Å². The first-order valence-electron chi connectivity index (χ1n) is 9.68. The first-order valence-corrected chi connectivity index (χ1v) is 9.68. The van der Waals surface area contributed by atoms with Crippen LogP contribution < -0.4 is 4.90 Å². The van der Waals surface area contributed by atoms with E-state index in [1.165, 1.54) is 7.11 Å². The SMILES string of the molecule is C/C=C\c1cc(C(=O)OC)ccc1N1C[C@@H](C)N(C(=O)OC(C)(C)C)C[C@@H]1C. The first-order chi connectivity index (χ1) is 13.1. The summed E-state index contributed by atoms with van der Waals surface area (Å²) in [6.45, 7) is 13.0. The van der Waals surface area contributed by atoms with Gasteiger partial charge in [0, 0.05) is 30.9 Å². The molecule has 28 heavy (non-hydrogen) atoms. The Morgan fingerprint density at radius 3 is 2.39 bits per heavy atom. The lowest BCUT2D eigenvalue weighted by atomic mass is 10.0. The highest BCUT2D eigenvalue weighted by atomic mass is 16.6. The molecule has 0 aliphatic carbocycles. The zero-order valence-electron chi connectivity index (χ0n) is 18.0. The molecule has 1 fully saturated rings. The number of amides is 1. The van der Waals surface area contributed by atoms with Crippen LogP contribution in [0.4, 0.5) is 10.5 Å². The fourth-order valence-corrected chi connectivity index (χ4v) is 3.41. The summed E-state index contributed by atoms with van der Waals surface area (Å²) in [5.74, 6) is -0.353. The van der Waals surface area contributed by atoms with Crippen LogP contribution >= 0.6 is 0 Å². The largest absolute Gasteiger partial charge is 0.465 e. The van der Waals surface area contributed by atoms with Gasteiger partial charge in [0.2, 0.25) is 0 Å². The molecule has 0 radical (unpaired) electrons. The Balaban J connectivity index is 2.27. The van der Waals surface area contributed by atoms with Gasteiger partial charge in [-0.05, 0) is 65.3 Å². The number of carbonyl (C=O) groups excluding carboxylic acids is 2. The number of rotatable bonds is 3. The number of benzene rings is 1. The summed E-state index contributed by atoms with van der Waals surface area (Å²) in [5.41, 5.74) is 2.00. The van der Waals surface area contributed by atoms with E-state index in [2.05, 4.69) is 11.8 Å². The van der Waals surface area contributed by atoms with Crippen LogP contribution in [0.2, 0.25) is 0 Å². The number of methoxy groups -OCH3 is 1. The molecular weight excluding hydrogens is 356 g/mol. The molecule has 0 unspecified atom stereocenters. The van der Waals surface area contributed by atoms with Crippen LogP contribution in [-0.4, -0.2) is 54.8 Å². The van der Waals surface area contributed by atoms with Crippen molar-refractivity contribution in [3.8, 4) is 0 Å². The van der Waals surface area contributed by atoms with Crippen LogP contribution in [-0.2, 0) is 9.47 Å². The fraction of sp³-hybridized carbons (Fsp3) is 0.545. The third-order valence-electron chi connectivity index (χ3n) is 4.72. The Labute approximate surface area is 168 Å². The number of ether oxygens (including phenoxy) is 2. The Bertz CT molecular complexity index is 751. The van der Waals surface area contributed by atoms with Crippen molar-refractivity contribution in [3.63, 3.8) is 0 Å². The van der Waals surface area contributed by atoms with Crippen molar-refractivity contribution in [1.29, 1.82) is 0 Å². The predicted molar refractivity (Wildman–Crippen MR) is 112 cm³/mol. The summed E-state index contributed by atoms with van der Waals surface area (Å²) >= 11 is 0. The molecule has 1 amide bonds. The maximum Gasteiger partial charge on any atom is 0.410 e. The molecular formula is C22H32N2O4. The summed E-state index contributed by atoms with van der Waals surface area (Å²) < 4.78 is 10.4. The average Bonchev–Trinajstić information content (AvgIpc) is 2.61. The van der Waals surface area contributed by atoms with Crippen LogP contribution in [0.5, 0.6) is 0 Å². The fourth-order valence-electron chi connectivity index (χ4n) is 3.41. The average molecular weight is 389 g/mol. The second-order valence-corrected chi connectivity index (χ2v) is 8.25. The summed E-state index contributed by atoms with van der Waals surface area (Å²) in [5, 5.41) is 0. The number of nitrogens with zero attached hydrogens (tertiary/aromatic N) is 2. The van der Waals surface area contributed by atoms with E-state index >= 15 is 0 Å². The summed E-state index contributed by atoms with van der Waals surface area (Å²) in [6.07, 6.45) is 3.66. The monoisotopic (exact) mass is 388 g/mol. The number of carbonyl (C=O) groups is 2. The van der Waals surface area contributed by atoms with Gasteiger partial charge in [-0.3, -0.25) is 0 Å². The minimum Gasteiger partial charge on any atom is -0.465 e. The van der Waals surface area contributed by atoms with E-state index in [1.54, 1.807) is 11.0 Å². The number of piperazine rings is 1. The van der Waals surface area contributed by atoms with E-state index in [0.29, 0.717) is 18.7 Å². The van der Waals surface area contributed by atoms with Gasteiger partial charge in [0.1, 0.15) is 5.60 Å².